The quantitative estimate of drug-likeness (QED) is 0.618. The molecule has 98 valence electrons. The molecule has 0 bridgehead atoms. The standard InChI is InChI=1S/C13H15BrO3S/c1-12(2)8-9-13(14,17-12)10-4-6-11(7-5-10)18(3,15)16/h4-9H,1-3H3. The average Bonchev–Trinajstić information content (AvgIpc) is 2.53. The smallest absolute Gasteiger partial charge is 0.175 e. The van der Waals surface area contributed by atoms with Gasteiger partial charge in [-0.3, -0.25) is 0 Å². The second-order valence-electron chi connectivity index (χ2n) is 4.98. The first kappa shape index (κ1) is 13.8. The summed E-state index contributed by atoms with van der Waals surface area (Å²) in [7, 11) is -3.16. The van der Waals surface area contributed by atoms with Gasteiger partial charge in [-0.1, -0.05) is 18.2 Å². The van der Waals surface area contributed by atoms with Crippen molar-refractivity contribution in [3.05, 3.63) is 42.0 Å². The number of rotatable bonds is 2. The van der Waals surface area contributed by atoms with Crippen LogP contribution in [0.1, 0.15) is 19.4 Å². The van der Waals surface area contributed by atoms with Crippen LogP contribution in [-0.4, -0.2) is 20.3 Å². The molecule has 3 nitrogen and oxygen atoms in total. The van der Waals surface area contributed by atoms with Crippen LogP contribution in [0.15, 0.2) is 41.3 Å². The van der Waals surface area contributed by atoms with Crippen LogP contribution in [0.5, 0.6) is 0 Å². The number of sulfone groups is 1. The molecule has 1 unspecified atom stereocenters. The van der Waals surface area contributed by atoms with Crippen LogP contribution in [0.2, 0.25) is 0 Å². The number of hydrogen-bond acceptors (Lipinski definition) is 3. The van der Waals surface area contributed by atoms with Crippen LogP contribution < -0.4 is 0 Å². The fourth-order valence-electron chi connectivity index (χ4n) is 1.84. The van der Waals surface area contributed by atoms with Crippen molar-refractivity contribution in [3.8, 4) is 0 Å². The molecule has 1 aliphatic heterocycles. The molecular formula is C13H15BrO3S. The lowest BCUT2D eigenvalue weighted by molar-refractivity contribution is -0.0160. The number of alkyl halides is 1. The van der Waals surface area contributed by atoms with Gasteiger partial charge in [-0.15, -0.1) is 0 Å². The van der Waals surface area contributed by atoms with Gasteiger partial charge in [-0.25, -0.2) is 8.42 Å². The molecule has 0 spiro atoms. The third kappa shape index (κ3) is 2.68. The van der Waals surface area contributed by atoms with Crippen LogP contribution in [0.4, 0.5) is 0 Å². The lowest BCUT2D eigenvalue weighted by Crippen LogP contribution is -2.25. The molecule has 1 aliphatic rings. The normalized spacial score (nSPS) is 26.4. The van der Waals surface area contributed by atoms with E-state index in [4.69, 9.17) is 4.74 Å². The van der Waals surface area contributed by atoms with Gasteiger partial charge in [0.1, 0.15) is 0 Å². The van der Waals surface area contributed by atoms with E-state index in [0.717, 1.165) is 5.56 Å². The monoisotopic (exact) mass is 330 g/mol. The summed E-state index contributed by atoms with van der Waals surface area (Å²) >= 11 is 3.55. The van der Waals surface area contributed by atoms with Crippen molar-refractivity contribution in [2.24, 2.45) is 0 Å². The molecule has 0 radical (unpaired) electrons. The van der Waals surface area contributed by atoms with Crippen molar-refractivity contribution in [1.29, 1.82) is 0 Å². The second-order valence-corrected chi connectivity index (χ2v) is 8.17. The fraction of sp³-hybridized carbons (Fsp3) is 0.385. The van der Waals surface area contributed by atoms with Gasteiger partial charge in [0.05, 0.1) is 10.5 Å². The summed E-state index contributed by atoms with van der Waals surface area (Å²) in [6, 6.07) is 6.71. The van der Waals surface area contributed by atoms with Gasteiger partial charge in [-0.2, -0.15) is 0 Å². The van der Waals surface area contributed by atoms with E-state index in [1.165, 1.54) is 6.26 Å². The van der Waals surface area contributed by atoms with Gasteiger partial charge in [0, 0.05) is 6.26 Å². The Labute approximate surface area is 116 Å². The third-order valence-electron chi connectivity index (χ3n) is 2.79. The second kappa shape index (κ2) is 4.18. The van der Waals surface area contributed by atoms with E-state index in [9.17, 15) is 8.42 Å². The molecule has 0 N–H and O–H groups in total. The minimum atomic E-state index is -3.16. The molecule has 0 saturated heterocycles. The molecule has 0 aliphatic carbocycles. The summed E-state index contributed by atoms with van der Waals surface area (Å²) < 4.78 is 28.0. The lowest BCUT2D eigenvalue weighted by Gasteiger charge is -2.27. The molecule has 5 heteroatoms. The zero-order valence-electron chi connectivity index (χ0n) is 10.5. The van der Waals surface area contributed by atoms with Gasteiger partial charge < -0.3 is 4.74 Å². The average molecular weight is 331 g/mol. The maximum atomic E-state index is 11.4. The molecular weight excluding hydrogens is 316 g/mol. The van der Waals surface area contributed by atoms with Crippen LogP contribution >= 0.6 is 15.9 Å². The van der Waals surface area contributed by atoms with Crippen LogP contribution in [0, 0.1) is 0 Å². The molecule has 2 rings (SSSR count). The Morgan fingerprint density at radius 2 is 1.67 bits per heavy atom. The van der Waals surface area contributed by atoms with E-state index < -0.39 is 14.3 Å². The number of hydrogen-bond donors (Lipinski definition) is 0. The Balaban J connectivity index is 2.35. The molecule has 0 amide bonds. The Hall–Kier alpha value is -0.650. The highest BCUT2D eigenvalue weighted by Crippen LogP contribution is 2.43. The van der Waals surface area contributed by atoms with E-state index in [1.807, 2.05) is 26.0 Å². The first-order valence-corrected chi connectivity index (χ1v) is 8.21. The highest BCUT2D eigenvalue weighted by Gasteiger charge is 2.38. The van der Waals surface area contributed by atoms with Gasteiger partial charge in [-0.05, 0) is 53.5 Å². The molecule has 18 heavy (non-hydrogen) atoms. The van der Waals surface area contributed by atoms with Gasteiger partial charge in [0.25, 0.3) is 0 Å². The SMILES string of the molecule is CC1(C)C=CC(Br)(c2ccc(S(C)(=O)=O)cc2)O1. The minimum absolute atomic E-state index is 0.309. The van der Waals surface area contributed by atoms with E-state index in [0.29, 0.717) is 4.90 Å². The van der Waals surface area contributed by atoms with Gasteiger partial charge in [0.2, 0.25) is 0 Å². The maximum Gasteiger partial charge on any atom is 0.175 e. The summed E-state index contributed by atoms with van der Waals surface area (Å²) in [4.78, 5) is 0.309. The van der Waals surface area contributed by atoms with Crippen molar-refractivity contribution in [1.82, 2.24) is 0 Å². The van der Waals surface area contributed by atoms with Crippen molar-refractivity contribution >= 4 is 25.8 Å². The van der Waals surface area contributed by atoms with E-state index in [1.54, 1.807) is 24.3 Å². The summed E-state index contributed by atoms with van der Waals surface area (Å²) in [6.07, 6.45) is 5.11. The maximum absolute atomic E-state index is 11.4. The topological polar surface area (TPSA) is 43.4 Å². The predicted molar refractivity (Wildman–Crippen MR) is 74.5 cm³/mol. The minimum Gasteiger partial charge on any atom is -0.346 e. The van der Waals surface area contributed by atoms with Gasteiger partial charge >= 0.3 is 0 Å². The third-order valence-corrected chi connectivity index (χ3v) is 4.80. The first-order chi connectivity index (χ1) is 8.12. The Bertz CT molecular complexity index is 587. The first-order valence-electron chi connectivity index (χ1n) is 5.52. The summed E-state index contributed by atoms with van der Waals surface area (Å²) in [5, 5.41) is 0. The Morgan fingerprint density at radius 1 is 1.11 bits per heavy atom. The van der Waals surface area contributed by atoms with Gasteiger partial charge in [0.15, 0.2) is 14.3 Å². The molecule has 1 heterocycles. The molecule has 0 fully saturated rings. The Morgan fingerprint density at radius 3 is 2.06 bits per heavy atom. The van der Waals surface area contributed by atoms with Crippen LogP contribution in [0.25, 0.3) is 0 Å². The zero-order chi connectivity index (χ0) is 13.6. The number of halogens is 1. The van der Waals surface area contributed by atoms with E-state index in [2.05, 4.69) is 15.9 Å². The molecule has 0 saturated carbocycles. The highest BCUT2D eigenvalue weighted by molar-refractivity contribution is 9.09. The van der Waals surface area contributed by atoms with Crippen molar-refractivity contribution in [3.63, 3.8) is 0 Å². The summed E-state index contributed by atoms with van der Waals surface area (Å²) in [6.45, 7) is 3.94. The molecule has 0 aromatic heterocycles. The fourth-order valence-corrected chi connectivity index (χ4v) is 3.29. The predicted octanol–water partition coefficient (Wildman–Crippen LogP) is 3.00. The molecule has 1 aromatic carbocycles. The summed E-state index contributed by atoms with van der Waals surface area (Å²) in [5.74, 6) is 0. The van der Waals surface area contributed by atoms with Crippen molar-refractivity contribution in [2.75, 3.05) is 6.26 Å². The van der Waals surface area contributed by atoms with Crippen molar-refractivity contribution < 1.29 is 13.2 Å². The van der Waals surface area contributed by atoms with E-state index in [-0.39, 0.29) is 5.60 Å². The zero-order valence-corrected chi connectivity index (χ0v) is 12.9. The van der Waals surface area contributed by atoms with E-state index >= 15 is 0 Å². The van der Waals surface area contributed by atoms with Crippen LogP contribution in [-0.2, 0) is 19.1 Å². The molecule has 1 atom stereocenters. The highest BCUT2D eigenvalue weighted by atomic mass is 79.9. The lowest BCUT2D eigenvalue weighted by atomic mass is 10.1. The summed E-state index contributed by atoms with van der Waals surface area (Å²) in [5.41, 5.74) is 0.538. The number of benzene rings is 1. The van der Waals surface area contributed by atoms with Crippen LogP contribution in [0.3, 0.4) is 0 Å². The largest absolute Gasteiger partial charge is 0.346 e. The molecule has 1 aromatic rings. The Kier molecular flexibility index (Phi) is 3.20. The van der Waals surface area contributed by atoms with Crippen molar-refractivity contribution in [2.45, 2.75) is 28.9 Å². The number of ether oxygens (including phenoxy) is 1.